The third kappa shape index (κ3) is 2.33. The van der Waals surface area contributed by atoms with Gasteiger partial charge in [-0.15, -0.1) is 0 Å². The molecule has 1 fully saturated rings. The first-order valence-corrected chi connectivity index (χ1v) is 6.20. The summed E-state index contributed by atoms with van der Waals surface area (Å²) in [5, 5.41) is 0.786. The van der Waals surface area contributed by atoms with Crippen LogP contribution in [0.3, 0.4) is 0 Å². The zero-order chi connectivity index (χ0) is 11.6. The Bertz CT molecular complexity index is 338. The molecule has 1 saturated carbocycles. The molecule has 2 rings (SSSR count). The summed E-state index contributed by atoms with van der Waals surface area (Å²) in [5.74, 6) is 0. The molecule has 0 spiro atoms. The standard InChI is InChI=1S/C13H19ClN2/c1-16(10-13(9-15)7-2-8-13)12-5-3-11(14)4-6-12/h3-6H,2,7-10,15H2,1H3. The van der Waals surface area contributed by atoms with Gasteiger partial charge in [-0.05, 0) is 43.7 Å². The first-order valence-electron chi connectivity index (χ1n) is 5.82. The van der Waals surface area contributed by atoms with Gasteiger partial charge in [0.25, 0.3) is 0 Å². The van der Waals surface area contributed by atoms with E-state index in [1.165, 1.54) is 24.9 Å². The lowest BCUT2D eigenvalue weighted by atomic mass is 9.68. The molecule has 3 heteroatoms. The number of hydrogen-bond acceptors (Lipinski definition) is 2. The van der Waals surface area contributed by atoms with Crippen molar-refractivity contribution in [2.24, 2.45) is 11.1 Å². The van der Waals surface area contributed by atoms with Gasteiger partial charge in [0, 0.05) is 29.7 Å². The van der Waals surface area contributed by atoms with Crippen molar-refractivity contribution in [3.8, 4) is 0 Å². The summed E-state index contributed by atoms with van der Waals surface area (Å²) in [4.78, 5) is 2.28. The minimum absolute atomic E-state index is 0.356. The highest BCUT2D eigenvalue weighted by molar-refractivity contribution is 6.30. The van der Waals surface area contributed by atoms with Crippen molar-refractivity contribution in [3.05, 3.63) is 29.3 Å². The van der Waals surface area contributed by atoms with Crippen molar-refractivity contribution in [2.45, 2.75) is 19.3 Å². The van der Waals surface area contributed by atoms with Gasteiger partial charge >= 0.3 is 0 Å². The van der Waals surface area contributed by atoms with E-state index >= 15 is 0 Å². The van der Waals surface area contributed by atoms with Gasteiger partial charge in [0.2, 0.25) is 0 Å². The predicted molar refractivity (Wildman–Crippen MR) is 70.1 cm³/mol. The SMILES string of the molecule is CN(CC1(CN)CCC1)c1ccc(Cl)cc1. The zero-order valence-electron chi connectivity index (χ0n) is 9.75. The summed E-state index contributed by atoms with van der Waals surface area (Å²) in [6, 6.07) is 7.99. The van der Waals surface area contributed by atoms with Gasteiger partial charge in [0.15, 0.2) is 0 Å². The van der Waals surface area contributed by atoms with E-state index < -0.39 is 0 Å². The maximum absolute atomic E-state index is 5.88. The lowest BCUT2D eigenvalue weighted by Gasteiger charge is -2.44. The van der Waals surface area contributed by atoms with Crippen molar-refractivity contribution in [1.82, 2.24) is 0 Å². The fourth-order valence-corrected chi connectivity index (χ4v) is 2.52. The molecule has 0 aliphatic heterocycles. The van der Waals surface area contributed by atoms with Crippen LogP contribution in [0.1, 0.15) is 19.3 Å². The van der Waals surface area contributed by atoms with Gasteiger partial charge in [0.1, 0.15) is 0 Å². The normalized spacial score (nSPS) is 17.9. The molecule has 16 heavy (non-hydrogen) atoms. The van der Waals surface area contributed by atoms with Crippen LogP contribution < -0.4 is 10.6 Å². The van der Waals surface area contributed by atoms with Crippen molar-refractivity contribution < 1.29 is 0 Å². The average molecular weight is 239 g/mol. The van der Waals surface area contributed by atoms with Gasteiger partial charge in [0.05, 0.1) is 0 Å². The number of halogens is 1. The molecule has 0 atom stereocenters. The van der Waals surface area contributed by atoms with Crippen LogP contribution in [0, 0.1) is 5.41 Å². The number of rotatable bonds is 4. The molecule has 1 aliphatic rings. The van der Waals surface area contributed by atoms with Crippen LogP contribution in [-0.4, -0.2) is 20.1 Å². The average Bonchev–Trinajstić information content (AvgIpc) is 2.24. The minimum Gasteiger partial charge on any atom is -0.374 e. The Kier molecular flexibility index (Phi) is 3.41. The van der Waals surface area contributed by atoms with Gasteiger partial charge in [-0.3, -0.25) is 0 Å². The summed E-state index contributed by atoms with van der Waals surface area (Å²) in [7, 11) is 2.12. The zero-order valence-corrected chi connectivity index (χ0v) is 10.5. The molecule has 1 aromatic carbocycles. The van der Waals surface area contributed by atoms with Crippen molar-refractivity contribution >= 4 is 17.3 Å². The van der Waals surface area contributed by atoms with Crippen LogP contribution in [0.4, 0.5) is 5.69 Å². The fourth-order valence-electron chi connectivity index (χ4n) is 2.39. The monoisotopic (exact) mass is 238 g/mol. The molecule has 0 unspecified atom stereocenters. The first-order chi connectivity index (χ1) is 7.65. The quantitative estimate of drug-likeness (QED) is 0.874. The molecule has 0 heterocycles. The van der Waals surface area contributed by atoms with Crippen LogP contribution in [0.25, 0.3) is 0 Å². The second-order valence-corrected chi connectivity index (χ2v) is 5.33. The molecule has 0 radical (unpaired) electrons. The number of anilines is 1. The molecule has 1 aliphatic carbocycles. The van der Waals surface area contributed by atoms with E-state index in [1.807, 2.05) is 12.1 Å². The highest BCUT2D eigenvalue weighted by atomic mass is 35.5. The Morgan fingerprint density at radius 1 is 1.31 bits per heavy atom. The van der Waals surface area contributed by atoms with Gasteiger partial charge < -0.3 is 10.6 Å². The van der Waals surface area contributed by atoms with Crippen LogP contribution in [0.5, 0.6) is 0 Å². The lowest BCUT2D eigenvalue weighted by Crippen LogP contribution is -2.46. The second-order valence-electron chi connectivity index (χ2n) is 4.89. The Balaban J connectivity index is 2.02. The molecule has 2 N–H and O–H groups in total. The number of nitrogens with two attached hydrogens (primary N) is 1. The summed E-state index contributed by atoms with van der Waals surface area (Å²) in [6.07, 6.45) is 3.86. The smallest absolute Gasteiger partial charge is 0.0407 e. The molecule has 1 aromatic rings. The van der Waals surface area contributed by atoms with Crippen molar-refractivity contribution in [3.63, 3.8) is 0 Å². The maximum atomic E-state index is 5.88. The Morgan fingerprint density at radius 3 is 2.38 bits per heavy atom. The highest BCUT2D eigenvalue weighted by Crippen LogP contribution is 2.41. The van der Waals surface area contributed by atoms with Crippen molar-refractivity contribution in [1.29, 1.82) is 0 Å². The molecule has 0 aromatic heterocycles. The van der Waals surface area contributed by atoms with E-state index in [9.17, 15) is 0 Å². The molecular weight excluding hydrogens is 220 g/mol. The minimum atomic E-state index is 0.356. The number of hydrogen-bond donors (Lipinski definition) is 1. The first kappa shape index (κ1) is 11.7. The summed E-state index contributed by atoms with van der Waals surface area (Å²) in [6.45, 7) is 1.84. The van der Waals surface area contributed by atoms with E-state index in [2.05, 4.69) is 24.1 Å². The Labute approximate surface area is 102 Å². The van der Waals surface area contributed by atoms with Gasteiger partial charge in [-0.1, -0.05) is 18.0 Å². The molecular formula is C13H19ClN2. The van der Waals surface area contributed by atoms with Crippen LogP contribution in [0.15, 0.2) is 24.3 Å². The van der Waals surface area contributed by atoms with Gasteiger partial charge in [-0.2, -0.15) is 0 Å². The van der Waals surface area contributed by atoms with E-state index in [0.717, 1.165) is 18.1 Å². The van der Waals surface area contributed by atoms with Gasteiger partial charge in [-0.25, -0.2) is 0 Å². The van der Waals surface area contributed by atoms with Crippen molar-refractivity contribution in [2.75, 3.05) is 25.0 Å². The van der Waals surface area contributed by atoms with Crippen LogP contribution in [-0.2, 0) is 0 Å². The molecule has 0 amide bonds. The predicted octanol–water partition coefficient (Wildman–Crippen LogP) is 2.91. The topological polar surface area (TPSA) is 29.3 Å². The molecule has 0 saturated heterocycles. The lowest BCUT2D eigenvalue weighted by molar-refractivity contribution is 0.154. The molecule has 88 valence electrons. The highest BCUT2D eigenvalue weighted by Gasteiger charge is 2.36. The molecule has 0 bridgehead atoms. The third-order valence-electron chi connectivity index (χ3n) is 3.69. The largest absolute Gasteiger partial charge is 0.374 e. The van der Waals surface area contributed by atoms with E-state index in [-0.39, 0.29) is 0 Å². The number of nitrogens with zero attached hydrogens (tertiary/aromatic N) is 1. The van der Waals surface area contributed by atoms with E-state index in [0.29, 0.717) is 5.41 Å². The van der Waals surface area contributed by atoms with E-state index in [1.54, 1.807) is 0 Å². The molecule has 2 nitrogen and oxygen atoms in total. The number of benzene rings is 1. The van der Waals surface area contributed by atoms with Crippen LogP contribution in [0.2, 0.25) is 5.02 Å². The fraction of sp³-hybridized carbons (Fsp3) is 0.538. The Morgan fingerprint density at radius 2 is 1.94 bits per heavy atom. The summed E-state index contributed by atoms with van der Waals surface area (Å²) in [5.41, 5.74) is 7.44. The van der Waals surface area contributed by atoms with Crippen LogP contribution >= 0.6 is 11.6 Å². The Hall–Kier alpha value is -0.730. The maximum Gasteiger partial charge on any atom is 0.0407 e. The third-order valence-corrected chi connectivity index (χ3v) is 3.94. The van der Waals surface area contributed by atoms with E-state index in [4.69, 9.17) is 17.3 Å². The summed E-state index contributed by atoms with van der Waals surface area (Å²) < 4.78 is 0. The summed E-state index contributed by atoms with van der Waals surface area (Å²) >= 11 is 5.88. The second kappa shape index (κ2) is 4.64.